The fourth-order valence-corrected chi connectivity index (χ4v) is 1.51. The number of halogens is 1. The Labute approximate surface area is 101 Å². The minimum absolute atomic E-state index is 0.0522. The molecule has 0 heterocycles. The topological polar surface area (TPSA) is 41.1 Å². The van der Waals surface area contributed by atoms with Crippen LogP contribution in [0.25, 0.3) is 0 Å². The third kappa shape index (κ3) is 4.95. The van der Waals surface area contributed by atoms with Crippen molar-refractivity contribution in [1.29, 1.82) is 0 Å². The van der Waals surface area contributed by atoms with Crippen LogP contribution in [-0.2, 0) is 4.79 Å². The fraction of sp³-hybridized carbons (Fsp3) is 0.462. The van der Waals surface area contributed by atoms with Gasteiger partial charge in [0.2, 0.25) is 5.91 Å². The SMILES string of the molecule is CC(C)NC(=O)CNC(C)c1cccc(F)c1. The van der Waals surface area contributed by atoms with E-state index < -0.39 is 0 Å². The summed E-state index contributed by atoms with van der Waals surface area (Å²) in [5, 5.41) is 5.84. The highest BCUT2D eigenvalue weighted by Gasteiger charge is 2.08. The predicted octanol–water partition coefficient (Wildman–Crippen LogP) is 2.00. The molecule has 0 aliphatic carbocycles. The van der Waals surface area contributed by atoms with Crippen LogP contribution in [0.15, 0.2) is 24.3 Å². The summed E-state index contributed by atoms with van der Waals surface area (Å²) >= 11 is 0. The number of benzene rings is 1. The number of hydrogen-bond acceptors (Lipinski definition) is 2. The first-order chi connectivity index (χ1) is 7.99. The smallest absolute Gasteiger partial charge is 0.234 e. The molecule has 0 spiro atoms. The molecule has 1 rings (SSSR count). The Kier molecular flexibility index (Phi) is 5.10. The lowest BCUT2D eigenvalue weighted by Crippen LogP contribution is -2.38. The molecule has 0 radical (unpaired) electrons. The first-order valence-corrected chi connectivity index (χ1v) is 5.77. The van der Waals surface area contributed by atoms with Crippen molar-refractivity contribution in [1.82, 2.24) is 10.6 Å². The van der Waals surface area contributed by atoms with Gasteiger partial charge in [0, 0.05) is 12.1 Å². The quantitative estimate of drug-likeness (QED) is 0.823. The molecule has 1 amide bonds. The Morgan fingerprint density at radius 1 is 1.35 bits per heavy atom. The average molecular weight is 238 g/mol. The molecule has 2 N–H and O–H groups in total. The highest BCUT2D eigenvalue weighted by Crippen LogP contribution is 2.12. The number of carbonyl (C=O) groups is 1. The molecule has 1 unspecified atom stereocenters. The Hall–Kier alpha value is -1.42. The van der Waals surface area contributed by atoms with Gasteiger partial charge in [-0.2, -0.15) is 0 Å². The van der Waals surface area contributed by atoms with Gasteiger partial charge in [0.1, 0.15) is 5.82 Å². The van der Waals surface area contributed by atoms with Crippen molar-refractivity contribution in [3.8, 4) is 0 Å². The molecule has 1 atom stereocenters. The van der Waals surface area contributed by atoms with Gasteiger partial charge in [-0.25, -0.2) is 4.39 Å². The molecule has 0 aliphatic rings. The van der Waals surface area contributed by atoms with E-state index in [2.05, 4.69) is 10.6 Å². The molecule has 17 heavy (non-hydrogen) atoms. The standard InChI is InChI=1S/C13H19FN2O/c1-9(2)16-13(17)8-15-10(3)11-5-4-6-12(14)7-11/h4-7,9-10,15H,8H2,1-3H3,(H,16,17). The molecule has 0 aromatic heterocycles. The van der Waals surface area contributed by atoms with Crippen LogP contribution >= 0.6 is 0 Å². The van der Waals surface area contributed by atoms with Crippen LogP contribution in [0.3, 0.4) is 0 Å². The van der Waals surface area contributed by atoms with Crippen LogP contribution in [-0.4, -0.2) is 18.5 Å². The summed E-state index contributed by atoms with van der Waals surface area (Å²) in [4.78, 5) is 11.4. The predicted molar refractivity (Wildman–Crippen MR) is 66.1 cm³/mol. The molecule has 94 valence electrons. The first kappa shape index (κ1) is 13.6. The maximum absolute atomic E-state index is 13.0. The van der Waals surface area contributed by atoms with Crippen LogP contribution in [0.5, 0.6) is 0 Å². The minimum atomic E-state index is -0.261. The minimum Gasteiger partial charge on any atom is -0.353 e. The summed E-state index contributed by atoms with van der Waals surface area (Å²) in [7, 11) is 0. The molecule has 0 saturated heterocycles. The van der Waals surface area contributed by atoms with Gasteiger partial charge in [0.15, 0.2) is 0 Å². The van der Waals surface area contributed by atoms with E-state index in [-0.39, 0.29) is 30.4 Å². The number of nitrogens with one attached hydrogen (secondary N) is 2. The zero-order valence-corrected chi connectivity index (χ0v) is 10.5. The number of rotatable bonds is 5. The normalized spacial score (nSPS) is 12.5. The van der Waals surface area contributed by atoms with Crippen molar-refractivity contribution in [3.63, 3.8) is 0 Å². The van der Waals surface area contributed by atoms with Crippen LogP contribution in [0.4, 0.5) is 4.39 Å². The maximum atomic E-state index is 13.0. The number of hydrogen-bond donors (Lipinski definition) is 2. The van der Waals surface area contributed by atoms with Gasteiger partial charge in [-0.15, -0.1) is 0 Å². The van der Waals surface area contributed by atoms with E-state index in [1.807, 2.05) is 26.8 Å². The summed E-state index contributed by atoms with van der Waals surface area (Å²) in [6, 6.07) is 6.45. The van der Waals surface area contributed by atoms with Gasteiger partial charge in [-0.05, 0) is 38.5 Å². The second-order valence-corrected chi connectivity index (χ2v) is 4.38. The van der Waals surface area contributed by atoms with E-state index in [1.54, 1.807) is 6.07 Å². The number of carbonyl (C=O) groups excluding carboxylic acids is 1. The lowest BCUT2D eigenvalue weighted by atomic mass is 10.1. The van der Waals surface area contributed by atoms with Gasteiger partial charge in [0.25, 0.3) is 0 Å². The molecule has 1 aromatic rings. The van der Waals surface area contributed by atoms with E-state index in [9.17, 15) is 9.18 Å². The Balaban J connectivity index is 2.44. The van der Waals surface area contributed by atoms with Crippen LogP contribution in [0.1, 0.15) is 32.4 Å². The van der Waals surface area contributed by atoms with E-state index >= 15 is 0 Å². The second kappa shape index (κ2) is 6.35. The zero-order valence-electron chi connectivity index (χ0n) is 10.5. The fourth-order valence-electron chi connectivity index (χ4n) is 1.51. The highest BCUT2D eigenvalue weighted by molar-refractivity contribution is 5.78. The Morgan fingerprint density at radius 3 is 2.65 bits per heavy atom. The van der Waals surface area contributed by atoms with Crippen molar-refractivity contribution in [2.45, 2.75) is 32.9 Å². The van der Waals surface area contributed by atoms with Gasteiger partial charge in [0.05, 0.1) is 6.54 Å². The van der Waals surface area contributed by atoms with Crippen molar-refractivity contribution in [3.05, 3.63) is 35.6 Å². The third-order valence-corrected chi connectivity index (χ3v) is 2.37. The second-order valence-electron chi connectivity index (χ2n) is 4.38. The summed E-state index contributed by atoms with van der Waals surface area (Å²) < 4.78 is 13.0. The summed E-state index contributed by atoms with van der Waals surface area (Å²) in [6.45, 7) is 5.95. The largest absolute Gasteiger partial charge is 0.353 e. The van der Waals surface area contributed by atoms with E-state index in [1.165, 1.54) is 12.1 Å². The Morgan fingerprint density at radius 2 is 2.06 bits per heavy atom. The first-order valence-electron chi connectivity index (χ1n) is 5.77. The van der Waals surface area contributed by atoms with Crippen molar-refractivity contribution in [2.75, 3.05) is 6.54 Å². The lowest BCUT2D eigenvalue weighted by molar-refractivity contribution is -0.120. The highest BCUT2D eigenvalue weighted by atomic mass is 19.1. The van der Waals surface area contributed by atoms with Gasteiger partial charge >= 0.3 is 0 Å². The van der Waals surface area contributed by atoms with Crippen molar-refractivity contribution < 1.29 is 9.18 Å². The van der Waals surface area contributed by atoms with Crippen LogP contribution in [0, 0.1) is 5.82 Å². The molecule has 3 nitrogen and oxygen atoms in total. The van der Waals surface area contributed by atoms with Crippen LogP contribution < -0.4 is 10.6 Å². The summed E-state index contributed by atoms with van der Waals surface area (Å²) in [5.74, 6) is -0.314. The van der Waals surface area contributed by atoms with E-state index in [0.717, 1.165) is 5.56 Å². The molecule has 4 heteroatoms. The van der Waals surface area contributed by atoms with Crippen molar-refractivity contribution in [2.24, 2.45) is 0 Å². The molecule has 0 fully saturated rings. The van der Waals surface area contributed by atoms with Gasteiger partial charge < -0.3 is 10.6 Å². The Bertz CT molecular complexity index is 379. The van der Waals surface area contributed by atoms with Crippen LogP contribution in [0.2, 0.25) is 0 Å². The number of amides is 1. The molecule has 0 bridgehead atoms. The molecular weight excluding hydrogens is 219 g/mol. The monoisotopic (exact) mass is 238 g/mol. The lowest BCUT2D eigenvalue weighted by Gasteiger charge is -2.15. The molecular formula is C13H19FN2O. The van der Waals surface area contributed by atoms with Gasteiger partial charge in [-0.3, -0.25) is 4.79 Å². The molecule has 1 aromatic carbocycles. The van der Waals surface area contributed by atoms with E-state index in [0.29, 0.717) is 0 Å². The molecule has 0 saturated carbocycles. The van der Waals surface area contributed by atoms with Crippen molar-refractivity contribution >= 4 is 5.91 Å². The summed E-state index contributed by atoms with van der Waals surface area (Å²) in [6.07, 6.45) is 0. The average Bonchev–Trinajstić information content (AvgIpc) is 2.25. The maximum Gasteiger partial charge on any atom is 0.234 e. The summed E-state index contributed by atoms with van der Waals surface area (Å²) in [5.41, 5.74) is 0.836. The van der Waals surface area contributed by atoms with E-state index in [4.69, 9.17) is 0 Å². The van der Waals surface area contributed by atoms with Gasteiger partial charge in [-0.1, -0.05) is 12.1 Å². The third-order valence-electron chi connectivity index (χ3n) is 2.37. The molecule has 0 aliphatic heterocycles. The zero-order chi connectivity index (χ0) is 12.8.